The molecule has 0 amide bonds. The van der Waals surface area contributed by atoms with Gasteiger partial charge in [-0.25, -0.2) is 21.8 Å². The second kappa shape index (κ2) is 7.17. The normalized spacial score (nSPS) is 18.8. The number of carbonyl (C=O) groups is 1. The van der Waals surface area contributed by atoms with E-state index in [4.69, 9.17) is 0 Å². The number of rotatable bonds is 4. The van der Waals surface area contributed by atoms with E-state index >= 15 is 0 Å². The van der Waals surface area contributed by atoms with E-state index in [1.54, 1.807) is 0 Å². The highest BCUT2D eigenvalue weighted by Gasteiger charge is 2.47. The Kier molecular flexibility index (Phi) is 5.59. The number of sulfone groups is 2. The molecule has 0 fully saturated rings. The van der Waals surface area contributed by atoms with E-state index in [1.807, 2.05) is 0 Å². The molecule has 0 spiro atoms. The summed E-state index contributed by atoms with van der Waals surface area (Å²) in [5, 5.41) is -1.22. The third kappa shape index (κ3) is 3.87. The number of hydrogen-bond acceptors (Lipinski definition) is 7. The Bertz CT molecular complexity index is 1110. The average molecular weight is 436 g/mol. The maximum Gasteiger partial charge on any atom is 0.455 e. The molecule has 0 aliphatic carbocycles. The molecule has 0 saturated carbocycles. The van der Waals surface area contributed by atoms with Gasteiger partial charge < -0.3 is 4.90 Å². The highest BCUT2D eigenvalue weighted by molar-refractivity contribution is 7.99. The van der Waals surface area contributed by atoms with Crippen molar-refractivity contribution in [2.75, 3.05) is 14.1 Å². The topological polar surface area (TPSA) is 101 Å². The van der Waals surface area contributed by atoms with E-state index in [0.717, 1.165) is 36.2 Å². The van der Waals surface area contributed by atoms with Crippen LogP contribution in [0.15, 0.2) is 62.0 Å². The molecule has 7 nitrogen and oxygen atoms in total. The van der Waals surface area contributed by atoms with Gasteiger partial charge in [0.05, 0.1) is 0 Å². The van der Waals surface area contributed by atoms with Gasteiger partial charge >= 0.3 is 6.18 Å². The second-order valence-corrected chi connectivity index (χ2v) is 9.82. The van der Waals surface area contributed by atoms with Crippen molar-refractivity contribution in [3.63, 3.8) is 0 Å². The van der Waals surface area contributed by atoms with Crippen LogP contribution in [-0.4, -0.2) is 52.8 Å². The number of hydrogen-bond donors (Lipinski definition) is 0. The number of halogens is 3. The van der Waals surface area contributed by atoms with E-state index in [0.29, 0.717) is 0 Å². The Hall–Kier alpha value is -2.47. The fourth-order valence-electron chi connectivity index (χ4n) is 2.36. The number of alkyl halides is 3. The molecule has 28 heavy (non-hydrogen) atoms. The van der Waals surface area contributed by atoms with Crippen LogP contribution in [0.25, 0.3) is 0 Å². The first kappa shape index (κ1) is 21.8. The van der Waals surface area contributed by atoms with Crippen LogP contribution in [0.1, 0.15) is 6.92 Å². The van der Waals surface area contributed by atoms with E-state index in [-0.39, 0.29) is 0 Å². The van der Waals surface area contributed by atoms with Crippen LogP contribution >= 0.6 is 0 Å². The summed E-state index contributed by atoms with van der Waals surface area (Å²) in [7, 11) is -6.39. The van der Waals surface area contributed by atoms with Gasteiger partial charge in [-0.15, -0.1) is 0 Å². The molecule has 1 aliphatic rings. The molecule has 0 saturated heterocycles. The molecule has 0 radical (unpaired) electrons. The van der Waals surface area contributed by atoms with Gasteiger partial charge in [0, 0.05) is 30.8 Å². The van der Waals surface area contributed by atoms with Gasteiger partial charge in [0.1, 0.15) is 9.93 Å². The molecule has 0 atom stereocenters. The van der Waals surface area contributed by atoms with Crippen LogP contribution in [0.4, 0.5) is 13.2 Å². The molecule has 2 heterocycles. The molecule has 152 valence electrons. The fourth-order valence-corrected chi connectivity index (χ4v) is 5.19. The lowest BCUT2D eigenvalue weighted by Gasteiger charge is -2.22. The van der Waals surface area contributed by atoms with Crippen LogP contribution in [0.3, 0.4) is 0 Å². The van der Waals surface area contributed by atoms with Crippen molar-refractivity contribution in [1.82, 2.24) is 9.88 Å². The monoisotopic (exact) mass is 436 g/mol. The highest BCUT2D eigenvalue weighted by Crippen LogP contribution is 2.35. The van der Waals surface area contributed by atoms with Crippen LogP contribution in [0.5, 0.6) is 0 Å². The van der Waals surface area contributed by atoms with Gasteiger partial charge in [-0.3, -0.25) is 4.79 Å². The molecule has 0 aromatic carbocycles. The second-order valence-electron chi connectivity index (χ2n) is 5.92. The summed E-state index contributed by atoms with van der Waals surface area (Å²) in [6.45, 7) is 1.09. The maximum atomic E-state index is 13.2. The summed E-state index contributed by atoms with van der Waals surface area (Å²) in [5.41, 5.74) is -0.691. The summed E-state index contributed by atoms with van der Waals surface area (Å²) in [6, 6.07) is 3.51. The number of ketones is 1. The minimum atomic E-state index is -5.51. The number of Topliss-reactive ketones (excluding diaryl/α,β-unsaturated/α-hetero) is 1. The SMILES string of the molecule is CC1=C/C(=C(\C(=O)C(F)(F)F)S(=O)(=O)c2ccccn2)C=C(N(C)C)S1(=O)=O. The molecule has 0 N–H and O–H groups in total. The molecule has 0 unspecified atom stereocenters. The number of nitrogens with zero attached hydrogens (tertiary/aromatic N) is 2. The summed E-state index contributed by atoms with van der Waals surface area (Å²) in [5.74, 6) is -2.62. The van der Waals surface area contributed by atoms with Crippen molar-refractivity contribution < 1.29 is 34.8 Å². The molecule has 1 aliphatic heterocycles. The first-order valence-electron chi connectivity index (χ1n) is 7.55. The van der Waals surface area contributed by atoms with Crippen molar-refractivity contribution in [3.8, 4) is 0 Å². The summed E-state index contributed by atoms with van der Waals surface area (Å²) in [4.78, 5) is 14.6. The molecule has 2 rings (SSSR count). The Morgan fingerprint density at radius 2 is 1.75 bits per heavy atom. The minimum Gasteiger partial charge on any atom is -0.368 e. The van der Waals surface area contributed by atoms with Crippen molar-refractivity contribution >= 4 is 25.5 Å². The number of allylic oxidation sites excluding steroid dienone is 5. The third-order valence-electron chi connectivity index (χ3n) is 3.69. The smallest absolute Gasteiger partial charge is 0.368 e. The largest absolute Gasteiger partial charge is 0.455 e. The average Bonchev–Trinajstić information content (AvgIpc) is 2.57. The van der Waals surface area contributed by atoms with Gasteiger partial charge in [-0.1, -0.05) is 6.07 Å². The Morgan fingerprint density at radius 1 is 1.14 bits per heavy atom. The lowest BCUT2D eigenvalue weighted by molar-refractivity contribution is -0.165. The fraction of sp³-hybridized carbons (Fsp3) is 0.250. The lowest BCUT2D eigenvalue weighted by atomic mass is 10.1. The molecule has 12 heteroatoms. The minimum absolute atomic E-state index is 0.405. The summed E-state index contributed by atoms with van der Waals surface area (Å²) in [6.07, 6.45) is -3.02. The van der Waals surface area contributed by atoms with Crippen LogP contribution in [-0.2, 0) is 24.5 Å². The van der Waals surface area contributed by atoms with Gasteiger partial charge in [0.15, 0.2) is 5.03 Å². The quantitative estimate of drug-likeness (QED) is 0.665. The lowest BCUT2D eigenvalue weighted by Crippen LogP contribution is -2.31. The predicted octanol–water partition coefficient (Wildman–Crippen LogP) is 1.98. The number of aromatic nitrogens is 1. The Labute approximate surface area is 159 Å². The molecule has 0 bridgehead atoms. The standard InChI is InChI=1S/C16H15F3N2O5S2/c1-10-8-11(9-13(21(2)3)27(10,23)24)14(15(22)16(17,18)19)28(25,26)12-6-4-5-7-20-12/h4-9H,1-3H3/b14-11-. The van der Waals surface area contributed by atoms with Gasteiger partial charge in [-0.2, -0.15) is 13.2 Å². The van der Waals surface area contributed by atoms with E-state index in [9.17, 15) is 34.8 Å². The Balaban J connectivity index is 2.95. The zero-order chi connectivity index (χ0) is 21.5. The van der Waals surface area contributed by atoms with Crippen LogP contribution < -0.4 is 0 Å². The van der Waals surface area contributed by atoms with Crippen molar-refractivity contribution in [2.45, 2.75) is 18.1 Å². The maximum absolute atomic E-state index is 13.2. The highest BCUT2D eigenvalue weighted by atomic mass is 32.2. The molecule has 1 aromatic rings. The van der Waals surface area contributed by atoms with Gasteiger partial charge in [0.2, 0.25) is 19.7 Å². The van der Waals surface area contributed by atoms with E-state index < -0.39 is 57.1 Å². The summed E-state index contributed by atoms with van der Waals surface area (Å²) < 4.78 is 89.8. The van der Waals surface area contributed by atoms with Crippen molar-refractivity contribution in [1.29, 1.82) is 0 Å². The summed E-state index contributed by atoms with van der Waals surface area (Å²) >= 11 is 0. The molecular weight excluding hydrogens is 421 g/mol. The van der Waals surface area contributed by atoms with E-state index in [1.165, 1.54) is 26.2 Å². The number of pyridine rings is 1. The van der Waals surface area contributed by atoms with Crippen LogP contribution in [0.2, 0.25) is 0 Å². The van der Waals surface area contributed by atoms with E-state index in [2.05, 4.69) is 4.98 Å². The van der Waals surface area contributed by atoms with Gasteiger partial charge in [-0.05, 0) is 31.2 Å². The van der Waals surface area contributed by atoms with Crippen molar-refractivity contribution in [2.24, 2.45) is 0 Å². The third-order valence-corrected chi connectivity index (χ3v) is 7.44. The first-order chi connectivity index (χ1) is 12.7. The van der Waals surface area contributed by atoms with Crippen molar-refractivity contribution in [3.05, 3.63) is 57.0 Å². The first-order valence-corrected chi connectivity index (χ1v) is 10.5. The van der Waals surface area contributed by atoms with Gasteiger partial charge in [0.25, 0.3) is 5.78 Å². The van der Waals surface area contributed by atoms with Crippen LogP contribution in [0, 0.1) is 0 Å². The predicted molar refractivity (Wildman–Crippen MR) is 94.0 cm³/mol. The zero-order valence-electron chi connectivity index (χ0n) is 14.9. The number of carbonyl (C=O) groups excluding carboxylic acids is 1. The molecule has 1 aromatic heterocycles. The zero-order valence-corrected chi connectivity index (χ0v) is 16.5. The Morgan fingerprint density at radius 3 is 2.21 bits per heavy atom. The molecular formula is C16H15F3N2O5S2.